The van der Waals surface area contributed by atoms with Crippen LogP contribution < -0.4 is 0 Å². The van der Waals surface area contributed by atoms with E-state index in [9.17, 15) is 14.4 Å². The molecule has 0 aliphatic carbocycles. The van der Waals surface area contributed by atoms with Crippen LogP contribution in [0.25, 0.3) is 0 Å². The summed E-state index contributed by atoms with van der Waals surface area (Å²) in [4.78, 5) is 38.1. The summed E-state index contributed by atoms with van der Waals surface area (Å²) in [6, 6.07) is 0. The third kappa shape index (κ3) is 58.5. The first-order valence-electron chi connectivity index (χ1n) is 28.2. The highest BCUT2D eigenvalue weighted by atomic mass is 16.6. The second kappa shape index (κ2) is 60.3. The third-order valence-electron chi connectivity index (χ3n) is 10.5. The van der Waals surface area contributed by atoms with E-state index in [2.05, 4.69) is 203 Å². The number of hydrogen-bond acceptors (Lipinski definition) is 6. The van der Waals surface area contributed by atoms with Gasteiger partial charge in [-0.25, -0.2) is 0 Å². The van der Waals surface area contributed by atoms with Gasteiger partial charge in [0.25, 0.3) is 0 Å². The predicted octanol–water partition coefficient (Wildman–Crippen LogP) is 19.4. The lowest BCUT2D eigenvalue weighted by molar-refractivity contribution is -0.166. The van der Waals surface area contributed by atoms with E-state index in [1.807, 2.05) is 36.5 Å². The summed E-state index contributed by atoms with van der Waals surface area (Å²) in [6.07, 6.45) is 95.3. The van der Waals surface area contributed by atoms with Crippen LogP contribution in [0, 0.1) is 0 Å². The maximum Gasteiger partial charge on any atom is 0.306 e. The quantitative estimate of drug-likeness (QED) is 0.0343. The molecule has 0 saturated carbocycles. The number of ether oxygens (including phenoxy) is 3. The molecular weight excluding hydrogens is 925 g/mol. The Balaban J connectivity index is 4.79. The molecule has 0 aliphatic rings. The van der Waals surface area contributed by atoms with Crippen molar-refractivity contribution in [3.05, 3.63) is 219 Å². The summed E-state index contributed by atoms with van der Waals surface area (Å²) in [5.74, 6) is -1.25. The van der Waals surface area contributed by atoms with Crippen LogP contribution >= 0.6 is 0 Å². The van der Waals surface area contributed by atoms with Crippen molar-refractivity contribution in [2.45, 2.75) is 181 Å². The van der Waals surface area contributed by atoms with E-state index >= 15 is 0 Å². The molecule has 0 aliphatic heterocycles. The number of allylic oxidation sites excluding steroid dienone is 36. The van der Waals surface area contributed by atoms with Crippen molar-refractivity contribution in [3.8, 4) is 0 Å². The lowest BCUT2D eigenvalue weighted by Gasteiger charge is -2.18. The van der Waals surface area contributed by atoms with Crippen LogP contribution in [-0.2, 0) is 28.6 Å². The Morgan fingerprint density at radius 1 is 0.253 bits per heavy atom. The molecule has 0 aromatic rings. The van der Waals surface area contributed by atoms with Gasteiger partial charge in [0.05, 0.1) is 0 Å². The standard InChI is InChI=1S/C69H98O6/c1-4-7-10-13-16-19-22-25-28-31-34-37-40-43-46-49-52-55-58-61-67(70)73-64-66(75-69(72)63-60-57-54-51-48-45-42-39-36-33-30-27-24-21-18-15-12-9-6-3)65-74-68(71)62-59-56-53-50-47-44-41-38-35-32-29-26-23-20-17-14-11-8-5-2/h7-12,16-21,25-30,34-39,43-48,52-57,66H,4-6,13-15,22-24,31-33,40-42,49-51,58-65H2,1-3H3/b10-7-,11-8-,12-9-,19-16-,20-17-,21-18-,28-25-,29-26-,30-27-,37-34-,38-35-,39-36-,46-43-,47-44-,48-45-,55-52-,56-53-,57-54-. The number of rotatable bonds is 47. The van der Waals surface area contributed by atoms with Crippen LogP contribution in [0.15, 0.2) is 219 Å². The second-order valence-electron chi connectivity index (χ2n) is 17.3. The molecule has 0 atom stereocenters. The first-order valence-corrected chi connectivity index (χ1v) is 28.2. The molecule has 0 bridgehead atoms. The largest absolute Gasteiger partial charge is 0.462 e. The Morgan fingerprint density at radius 2 is 0.427 bits per heavy atom. The van der Waals surface area contributed by atoms with Crippen molar-refractivity contribution in [2.24, 2.45) is 0 Å². The zero-order valence-corrected chi connectivity index (χ0v) is 46.7. The minimum absolute atomic E-state index is 0.159. The molecule has 75 heavy (non-hydrogen) atoms. The van der Waals surface area contributed by atoms with E-state index in [0.717, 1.165) is 116 Å². The smallest absolute Gasteiger partial charge is 0.306 e. The van der Waals surface area contributed by atoms with Crippen molar-refractivity contribution in [1.82, 2.24) is 0 Å². The van der Waals surface area contributed by atoms with Crippen molar-refractivity contribution >= 4 is 17.9 Å². The highest BCUT2D eigenvalue weighted by molar-refractivity contribution is 5.71. The second-order valence-corrected chi connectivity index (χ2v) is 17.3. The zero-order valence-electron chi connectivity index (χ0n) is 46.7. The Hall–Kier alpha value is -6.27. The van der Waals surface area contributed by atoms with Gasteiger partial charge in [-0.3, -0.25) is 14.4 Å². The van der Waals surface area contributed by atoms with Gasteiger partial charge in [-0.05, 0) is 135 Å². The Kier molecular flexibility index (Phi) is 55.2. The van der Waals surface area contributed by atoms with Crippen molar-refractivity contribution in [2.75, 3.05) is 13.2 Å². The molecule has 0 unspecified atom stereocenters. The number of esters is 3. The molecule has 0 rings (SSSR count). The lowest BCUT2D eigenvalue weighted by Crippen LogP contribution is -2.30. The van der Waals surface area contributed by atoms with Crippen LogP contribution in [0.5, 0.6) is 0 Å². The van der Waals surface area contributed by atoms with Crippen LogP contribution in [-0.4, -0.2) is 37.2 Å². The summed E-state index contributed by atoms with van der Waals surface area (Å²) in [7, 11) is 0. The predicted molar refractivity (Wildman–Crippen MR) is 324 cm³/mol. The molecule has 6 nitrogen and oxygen atoms in total. The fourth-order valence-electron chi connectivity index (χ4n) is 6.40. The monoisotopic (exact) mass is 1020 g/mol. The highest BCUT2D eigenvalue weighted by Crippen LogP contribution is 2.07. The minimum Gasteiger partial charge on any atom is -0.462 e. The van der Waals surface area contributed by atoms with Gasteiger partial charge in [-0.15, -0.1) is 0 Å². The molecule has 0 fully saturated rings. The van der Waals surface area contributed by atoms with Crippen molar-refractivity contribution < 1.29 is 28.6 Å². The normalized spacial score (nSPS) is 13.4. The molecule has 0 aromatic carbocycles. The fraction of sp³-hybridized carbons (Fsp3) is 0.435. The van der Waals surface area contributed by atoms with E-state index in [-0.39, 0.29) is 32.5 Å². The van der Waals surface area contributed by atoms with Gasteiger partial charge in [0.2, 0.25) is 0 Å². The summed E-state index contributed by atoms with van der Waals surface area (Å²) >= 11 is 0. The van der Waals surface area contributed by atoms with Crippen molar-refractivity contribution in [3.63, 3.8) is 0 Å². The van der Waals surface area contributed by atoms with Gasteiger partial charge in [-0.2, -0.15) is 0 Å². The highest BCUT2D eigenvalue weighted by Gasteiger charge is 2.19. The van der Waals surface area contributed by atoms with Crippen LogP contribution in [0.3, 0.4) is 0 Å². The third-order valence-corrected chi connectivity index (χ3v) is 10.5. The van der Waals surface area contributed by atoms with E-state index in [1.54, 1.807) is 0 Å². The molecule has 410 valence electrons. The topological polar surface area (TPSA) is 78.9 Å². The summed E-state index contributed by atoms with van der Waals surface area (Å²) < 4.78 is 16.6. The molecule has 0 radical (unpaired) electrons. The van der Waals surface area contributed by atoms with Crippen LogP contribution in [0.2, 0.25) is 0 Å². The van der Waals surface area contributed by atoms with Gasteiger partial charge in [0.15, 0.2) is 6.10 Å². The molecule has 6 heteroatoms. The molecule has 0 saturated heterocycles. The average molecular weight is 1020 g/mol. The Bertz CT molecular complexity index is 1850. The molecule has 0 spiro atoms. The summed E-state index contributed by atoms with van der Waals surface area (Å²) in [5.41, 5.74) is 0. The Morgan fingerprint density at radius 3 is 0.627 bits per heavy atom. The molecule has 0 heterocycles. The van der Waals surface area contributed by atoms with E-state index in [1.165, 1.54) is 0 Å². The summed E-state index contributed by atoms with van der Waals surface area (Å²) in [5, 5.41) is 0. The molecular formula is C69H98O6. The SMILES string of the molecule is CC/C=C\C/C=C\C/C=C\C/C=C\C/C=C\C/C=C\CCC(=O)OCC(COC(=O)CC/C=C\C/C=C\C/C=C\C/C=C\C/C=C\C/C=C\CC)OC(=O)CC/C=C\C/C=C\C/C=C\C/C=C\C/C=C\C/C=C\CC. The van der Waals surface area contributed by atoms with Gasteiger partial charge in [0, 0.05) is 19.3 Å². The first kappa shape index (κ1) is 68.7. The lowest BCUT2D eigenvalue weighted by atomic mass is 10.2. The van der Waals surface area contributed by atoms with E-state index < -0.39 is 24.0 Å². The molecule has 0 amide bonds. The molecule has 0 N–H and O–H groups in total. The van der Waals surface area contributed by atoms with Crippen LogP contribution in [0.4, 0.5) is 0 Å². The average Bonchev–Trinajstić information content (AvgIpc) is 3.41. The fourth-order valence-corrected chi connectivity index (χ4v) is 6.40. The number of carbonyl (C=O) groups is 3. The number of carbonyl (C=O) groups excluding carboxylic acids is 3. The van der Waals surface area contributed by atoms with Gasteiger partial charge in [-0.1, -0.05) is 240 Å². The van der Waals surface area contributed by atoms with Crippen molar-refractivity contribution in [1.29, 1.82) is 0 Å². The molecule has 0 aromatic heterocycles. The zero-order chi connectivity index (χ0) is 54.3. The first-order chi connectivity index (χ1) is 37.0. The van der Waals surface area contributed by atoms with E-state index in [0.29, 0.717) is 19.3 Å². The van der Waals surface area contributed by atoms with Crippen LogP contribution in [0.1, 0.15) is 175 Å². The number of hydrogen-bond donors (Lipinski definition) is 0. The van der Waals surface area contributed by atoms with E-state index in [4.69, 9.17) is 14.2 Å². The minimum atomic E-state index is -0.896. The van der Waals surface area contributed by atoms with Gasteiger partial charge in [0.1, 0.15) is 13.2 Å². The maximum atomic E-state index is 12.8. The van der Waals surface area contributed by atoms with Gasteiger partial charge >= 0.3 is 17.9 Å². The van der Waals surface area contributed by atoms with Gasteiger partial charge < -0.3 is 14.2 Å². The Labute approximate surface area is 457 Å². The maximum absolute atomic E-state index is 12.8. The summed E-state index contributed by atoms with van der Waals surface area (Å²) in [6.45, 7) is 6.06.